The first-order valence-corrected chi connectivity index (χ1v) is 11.5. The number of nitro groups is 1. The van der Waals surface area contributed by atoms with Crippen LogP contribution in [0.5, 0.6) is 5.75 Å². The smallest absolute Gasteiger partial charge is 0.269 e. The van der Waals surface area contributed by atoms with Gasteiger partial charge >= 0.3 is 0 Å². The average Bonchev–Trinajstić information content (AvgIpc) is 3.06. The molecule has 1 fully saturated rings. The van der Waals surface area contributed by atoms with Gasteiger partial charge in [0, 0.05) is 36.3 Å². The molecule has 172 valence electrons. The third kappa shape index (κ3) is 6.62. The van der Waals surface area contributed by atoms with Crippen LogP contribution in [0.4, 0.5) is 11.4 Å². The van der Waals surface area contributed by atoms with Crippen molar-refractivity contribution < 1.29 is 19.2 Å². The molecule has 1 aliphatic rings. The number of benzene rings is 2. The lowest BCUT2D eigenvalue weighted by Crippen LogP contribution is -2.29. The molecule has 0 radical (unpaired) electrons. The van der Waals surface area contributed by atoms with Crippen molar-refractivity contribution in [2.24, 2.45) is 0 Å². The van der Waals surface area contributed by atoms with Gasteiger partial charge in [-0.2, -0.15) is 0 Å². The second-order valence-electron chi connectivity index (χ2n) is 7.24. The summed E-state index contributed by atoms with van der Waals surface area (Å²) in [5, 5.41) is 13.4. The zero-order chi connectivity index (χ0) is 23.8. The van der Waals surface area contributed by atoms with Crippen molar-refractivity contribution in [3.63, 3.8) is 0 Å². The minimum absolute atomic E-state index is 0.0264. The Morgan fingerprint density at radius 1 is 1.18 bits per heavy atom. The molecular formula is C23H23N3O5S2. The number of nitrogens with one attached hydrogen (secondary N) is 1. The van der Waals surface area contributed by atoms with E-state index in [-0.39, 0.29) is 17.5 Å². The predicted octanol–water partition coefficient (Wildman–Crippen LogP) is 5.00. The lowest BCUT2D eigenvalue weighted by Gasteiger charge is -2.14. The number of hydrogen-bond acceptors (Lipinski definition) is 7. The highest BCUT2D eigenvalue weighted by atomic mass is 32.2. The predicted molar refractivity (Wildman–Crippen MR) is 133 cm³/mol. The molecule has 2 aromatic carbocycles. The second-order valence-corrected chi connectivity index (χ2v) is 8.91. The summed E-state index contributed by atoms with van der Waals surface area (Å²) in [7, 11) is 1.59. The van der Waals surface area contributed by atoms with Gasteiger partial charge in [-0.05, 0) is 37.1 Å². The Bertz CT molecular complexity index is 1090. The standard InChI is InChI=1S/C23H23N3O5S2/c1-31-19-8-5-4-7-16(19)15-20-22(28)25(23(32)33-20)14-6-2-3-9-21(27)24-17-10-12-18(13-11-17)26(29)30/h4-5,7-8,10-13,15H,2-3,6,9,14H2,1H3,(H,24,27)/b20-15-. The number of para-hydroxylation sites is 1. The Balaban J connectivity index is 1.42. The first-order valence-electron chi connectivity index (χ1n) is 10.3. The van der Waals surface area contributed by atoms with Gasteiger partial charge in [-0.25, -0.2) is 0 Å². The van der Waals surface area contributed by atoms with E-state index in [1.165, 1.54) is 36.0 Å². The van der Waals surface area contributed by atoms with E-state index in [0.717, 1.165) is 18.4 Å². The van der Waals surface area contributed by atoms with Gasteiger partial charge in [0.15, 0.2) is 0 Å². The van der Waals surface area contributed by atoms with Crippen molar-refractivity contribution in [2.75, 3.05) is 19.0 Å². The van der Waals surface area contributed by atoms with Gasteiger partial charge in [0.2, 0.25) is 5.91 Å². The van der Waals surface area contributed by atoms with E-state index in [1.807, 2.05) is 24.3 Å². The molecule has 0 saturated carbocycles. The molecule has 33 heavy (non-hydrogen) atoms. The number of nitro benzene ring substituents is 1. The number of thiocarbonyl (C=S) groups is 1. The molecule has 0 aromatic heterocycles. The first kappa shape index (κ1) is 24.4. The van der Waals surface area contributed by atoms with Crippen LogP contribution < -0.4 is 10.1 Å². The Kier molecular flexibility index (Phi) is 8.56. The molecule has 0 atom stereocenters. The van der Waals surface area contributed by atoms with Gasteiger partial charge in [0.25, 0.3) is 11.6 Å². The van der Waals surface area contributed by atoms with Crippen molar-refractivity contribution in [3.05, 3.63) is 69.1 Å². The van der Waals surface area contributed by atoms with Crippen LogP contribution in [0, 0.1) is 10.1 Å². The lowest BCUT2D eigenvalue weighted by atomic mass is 10.1. The summed E-state index contributed by atoms with van der Waals surface area (Å²) in [5.41, 5.74) is 1.31. The Morgan fingerprint density at radius 3 is 2.61 bits per heavy atom. The molecule has 8 nitrogen and oxygen atoms in total. The fraction of sp³-hybridized carbons (Fsp3) is 0.261. The van der Waals surface area contributed by atoms with Crippen molar-refractivity contribution in [2.45, 2.75) is 25.7 Å². The summed E-state index contributed by atoms with van der Waals surface area (Å²) >= 11 is 6.66. The molecule has 0 spiro atoms. The molecule has 10 heteroatoms. The summed E-state index contributed by atoms with van der Waals surface area (Å²) in [6.45, 7) is 0.498. The van der Waals surface area contributed by atoms with Gasteiger partial charge in [0.05, 0.1) is 16.9 Å². The van der Waals surface area contributed by atoms with Gasteiger partial charge in [-0.15, -0.1) is 0 Å². The summed E-state index contributed by atoms with van der Waals surface area (Å²) in [4.78, 5) is 37.2. The second kappa shape index (κ2) is 11.6. The highest BCUT2D eigenvalue weighted by molar-refractivity contribution is 8.26. The maximum atomic E-state index is 12.8. The van der Waals surface area contributed by atoms with Crippen LogP contribution in [0.3, 0.4) is 0 Å². The molecule has 3 rings (SSSR count). The number of carbonyl (C=O) groups is 2. The molecule has 0 unspecified atom stereocenters. The van der Waals surface area contributed by atoms with E-state index in [1.54, 1.807) is 18.1 Å². The fourth-order valence-corrected chi connectivity index (χ4v) is 4.54. The fourth-order valence-electron chi connectivity index (χ4n) is 3.24. The number of ether oxygens (including phenoxy) is 1. The van der Waals surface area contributed by atoms with E-state index in [9.17, 15) is 19.7 Å². The molecule has 0 aliphatic carbocycles. The SMILES string of the molecule is COc1ccccc1/C=C1\SC(=S)N(CCCCCC(=O)Nc2ccc([N+](=O)[O-])cc2)C1=O. The molecule has 2 amide bonds. The molecule has 1 N–H and O–H groups in total. The van der Waals surface area contributed by atoms with E-state index in [0.29, 0.717) is 40.0 Å². The number of anilines is 1. The third-order valence-electron chi connectivity index (χ3n) is 4.95. The number of nitrogens with zero attached hydrogens (tertiary/aromatic N) is 2. The summed E-state index contributed by atoms with van der Waals surface area (Å²) in [5.74, 6) is 0.413. The number of hydrogen-bond donors (Lipinski definition) is 1. The van der Waals surface area contributed by atoms with Crippen LogP contribution in [-0.4, -0.2) is 39.6 Å². The molecule has 1 saturated heterocycles. The lowest BCUT2D eigenvalue weighted by molar-refractivity contribution is -0.384. The average molecular weight is 486 g/mol. The monoisotopic (exact) mass is 485 g/mol. The summed E-state index contributed by atoms with van der Waals surface area (Å²) in [6.07, 6.45) is 4.25. The molecule has 2 aromatic rings. The van der Waals surface area contributed by atoms with Crippen molar-refractivity contribution >= 4 is 57.6 Å². The normalized spacial score (nSPS) is 14.6. The molecule has 1 heterocycles. The van der Waals surface area contributed by atoms with Gasteiger partial charge in [0.1, 0.15) is 10.1 Å². The van der Waals surface area contributed by atoms with Crippen LogP contribution in [-0.2, 0) is 9.59 Å². The number of unbranched alkanes of at least 4 members (excludes halogenated alkanes) is 2. The van der Waals surface area contributed by atoms with Crippen molar-refractivity contribution in [1.82, 2.24) is 4.90 Å². The minimum atomic E-state index is -0.488. The van der Waals surface area contributed by atoms with Crippen LogP contribution in [0.2, 0.25) is 0 Å². The maximum absolute atomic E-state index is 12.8. The Hall–Kier alpha value is -3.24. The molecule has 0 bridgehead atoms. The zero-order valence-electron chi connectivity index (χ0n) is 18.0. The Labute approximate surface area is 201 Å². The quantitative estimate of drug-likeness (QED) is 0.166. The van der Waals surface area contributed by atoms with E-state index >= 15 is 0 Å². The first-order chi connectivity index (χ1) is 15.9. The number of carbonyl (C=O) groups excluding carboxylic acids is 2. The summed E-state index contributed by atoms with van der Waals surface area (Å²) < 4.78 is 5.86. The van der Waals surface area contributed by atoms with Crippen molar-refractivity contribution in [1.29, 1.82) is 0 Å². The zero-order valence-corrected chi connectivity index (χ0v) is 19.6. The largest absolute Gasteiger partial charge is 0.496 e. The number of rotatable bonds is 10. The number of methoxy groups -OCH3 is 1. The Morgan fingerprint density at radius 2 is 1.91 bits per heavy atom. The molecule has 1 aliphatic heterocycles. The summed E-state index contributed by atoms with van der Waals surface area (Å²) in [6, 6.07) is 13.2. The number of thioether (sulfide) groups is 1. The van der Waals surface area contributed by atoms with E-state index in [2.05, 4.69) is 5.32 Å². The van der Waals surface area contributed by atoms with E-state index < -0.39 is 4.92 Å². The number of amides is 2. The van der Waals surface area contributed by atoms with Crippen LogP contribution in [0.1, 0.15) is 31.2 Å². The highest BCUT2D eigenvalue weighted by Crippen LogP contribution is 2.34. The van der Waals surface area contributed by atoms with Crippen LogP contribution in [0.25, 0.3) is 6.08 Å². The maximum Gasteiger partial charge on any atom is 0.269 e. The highest BCUT2D eigenvalue weighted by Gasteiger charge is 2.31. The van der Waals surface area contributed by atoms with Crippen LogP contribution in [0.15, 0.2) is 53.4 Å². The number of non-ortho nitro benzene ring substituents is 1. The molecular weight excluding hydrogens is 462 g/mol. The topological polar surface area (TPSA) is 102 Å². The van der Waals surface area contributed by atoms with Gasteiger partial charge in [-0.1, -0.05) is 48.6 Å². The third-order valence-corrected chi connectivity index (χ3v) is 6.32. The van der Waals surface area contributed by atoms with Gasteiger partial charge in [-0.3, -0.25) is 24.6 Å². The van der Waals surface area contributed by atoms with Gasteiger partial charge < -0.3 is 10.1 Å². The van der Waals surface area contributed by atoms with Crippen LogP contribution >= 0.6 is 24.0 Å². The van der Waals surface area contributed by atoms with E-state index in [4.69, 9.17) is 17.0 Å². The van der Waals surface area contributed by atoms with Crippen molar-refractivity contribution in [3.8, 4) is 5.75 Å². The minimum Gasteiger partial charge on any atom is -0.496 e.